The van der Waals surface area contributed by atoms with E-state index in [1.807, 2.05) is 7.05 Å². The maximum Gasteiger partial charge on any atom is 0.0599 e. The quantitative estimate of drug-likeness (QED) is 0.475. The molecule has 0 amide bonds. The Morgan fingerprint density at radius 3 is 2.62 bits per heavy atom. The third kappa shape index (κ3) is 3.70. The Bertz CT molecular complexity index is 96.7. The Morgan fingerprint density at radius 1 is 1.62 bits per heavy atom. The van der Waals surface area contributed by atoms with Crippen LogP contribution >= 0.6 is 0 Å². The Kier molecular flexibility index (Phi) is 4.39. The van der Waals surface area contributed by atoms with Gasteiger partial charge in [-0.2, -0.15) is 0 Å². The van der Waals surface area contributed by atoms with E-state index in [1.54, 1.807) is 0 Å². The molecule has 45 valence electrons. The first-order valence-electron chi connectivity index (χ1n) is 2.74. The Morgan fingerprint density at radius 2 is 2.25 bits per heavy atom. The SMILES string of the molecule is [CH2]C#CCN(C)CC. The summed E-state index contributed by atoms with van der Waals surface area (Å²) in [4.78, 5) is 2.12. The molecule has 0 N–H and O–H groups in total. The van der Waals surface area contributed by atoms with E-state index in [-0.39, 0.29) is 0 Å². The molecule has 1 nitrogen and oxygen atoms in total. The van der Waals surface area contributed by atoms with Crippen LogP contribution in [0.2, 0.25) is 0 Å². The zero-order chi connectivity index (χ0) is 6.41. The van der Waals surface area contributed by atoms with E-state index in [4.69, 9.17) is 0 Å². The Labute approximate surface area is 51.7 Å². The normalized spacial score (nSPS) is 8.50. The van der Waals surface area contributed by atoms with Crippen LogP contribution in [0, 0.1) is 18.8 Å². The monoisotopic (exact) mass is 110 g/mol. The molecule has 0 aromatic rings. The van der Waals surface area contributed by atoms with E-state index in [9.17, 15) is 0 Å². The second-order valence-electron chi connectivity index (χ2n) is 1.68. The molecule has 0 atom stereocenters. The standard InChI is InChI=1S/C7H12N/c1-4-6-7-8(3)5-2/h1,5,7H2,2-3H3. The van der Waals surface area contributed by atoms with Crippen LogP contribution in [0.4, 0.5) is 0 Å². The van der Waals surface area contributed by atoms with Gasteiger partial charge in [0.25, 0.3) is 0 Å². The van der Waals surface area contributed by atoms with E-state index >= 15 is 0 Å². The van der Waals surface area contributed by atoms with Gasteiger partial charge in [-0.25, -0.2) is 0 Å². The second-order valence-corrected chi connectivity index (χ2v) is 1.68. The number of nitrogens with zero attached hydrogens (tertiary/aromatic N) is 1. The van der Waals surface area contributed by atoms with E-state index in [2.05, 4.69) is 30.6 Å². The fourth-order valence-corrected chi connectivity index (χ4v) is 0.303. The van der Waals surface area contributed by atoms with Crippen LogP contribution in [0.15, 0.2) is 0 Å². The van der Waals surface area contributed by atoms with Gasteiger partial charge in [0.2, 0.25) is 0 Å². The molecule has 0 saturated carbocycles. The molecular formula is C7H12N. The molecule has 0 aliphatic heterocycles. The molecule has 0 aromatic heterocycles. The van der Waals surface area contributed by atoms with Crippen molar-refractivity contribution < 1.29 is 0 Å². The van der Waals surface area contributed by atoms with Crippen LogP contribution in [-0.2, 0) is 0 Å². The van der Waals surface area contributed by atoms with Crippen molar-refractivity contribution in [3.63, 3.8) is 0 Å². The molecule has 1 radical (unpaired) electrons. The predicted octanol–water partition coefficient (Wildman–Crippen LogP) is 0.776. The molecular weight excluding hydrogens is 98.1 g/mol. The molecule has 1 heteroatoms. The van der Waals surface area contributed by atoms with Crippen molar-refractivity contribution in [2.75, 3.05) is 20.1 Å². The number of hydrogen-bond acceptors (Lipinski definition) is 1. The van der Waals surface area contributed by atoms with Gasteiger partial charge in [-0.1, -0.05) is 12.8 Å². The highest BCUT2D eigenvalue weighted by atomic mass is 15.1. The van der Waals surface area contributed by atoms with E-state index in [0.717, 1.165) is 13.1 Å². The first-order valence-corrected chi connectivity index (χ1v) is 2.74. The third-order valence-corrected chi connectivity index (χ3v) is 1.01. The maximum atomic E-state index is 3.40. The third-order valence-electron chi connectivity index (χ3n) is 1.01. The minimum Gasteiger partial charge on any atom is -0.296 e. The topological polar surface area (TPSA) is 3.24 Å². The minimum absolute atomic E-state index is 0.833. The molecule has 0 saturated heterocycles. The van der Waals surface area contributed by atoms with E-state index in [1.165, 1.54) is 0 Å². The van der Waals surface area contributed by atoms with Crippen LogP contribution in [0.1, 0.15) is 6.92 Å². The second kappa shape index (κ2) is 4.67. The zero-order valence-electron chi connectivity index (χ0n) is 5.57. The van der Waals surface area contributed by atoms with Crippen molar-refractivity contribution in [1.82, 2.24) is 4.90 Å². The van der Waals surface area contributed by atoms with Gasteiger partial charge in [0.15, 0.2) is 0 Å². The van der Waals surface area contributed by atoms with E-state index in [0.29, 0.717) is 0 Å². The van der Waals surface area contributed by atoms with Crippen molar-refractivity contribution in [2.24, 2.45) is 0 Å². The van der Waals surface area contributed by atoms with Crippen molar-refractivity contribution in [2.45, 2.75) is 6.92 Å². The van der Waals surface area contributed by atoms with Gasteiger partial charge in [-0.15, -0.1) is 5.92 Å². The zero-order valence-corrected chi connectivity index (χ0v) is 5.57. The van der Waals surface area contributed by atoms with Crippen LogP contribution in [0.5, 0.6) is 0 Å². The summed E-state index contributed by atoms with van der Waals surface area (Å²) in [7, 11) is 2.03. The smallest absolute Gasteiger partial charge is 0.0599 e. The van der Waals surface area contributed by atoms with Gasteiger partial charge in [0, 0.05) is 6.92 Å². The first-order chi connectivity index (χ1) is 3.81. The lowest BCUT2D eigenvalue weighted by Gasteiger charge is -2.06. The largest absolute Gasteiger partial charge is 0.296 e. The first kappa shape index (κ1) is 7.52. The Balaban J connectivity index is 3.19. The van der Waals surface area contributed by atoms with Crippen LogP contribution in [0.3, 0.4) is 0 Å². The lowest BCUT2D eigenvalue weighted by atomic mass is 10.5. The number of rotatable bonds is 2. The fraction of sp³-hybridized carbons (Fsp3) is 0.571. The van der Waals surface area contributed by atoms with Crippen LogP contribution in [-0.4, -0.2) is 25.0 Å². The molecule has 0 bridgehead atoms. The summed E-state index contributed by atoms with van der Waals surface area (Å²) in [5.74, 6) is 5.46. The highest BCUT2D eigenvalue weighted by molar-refractivity contribution is 5.02. The van der Waals surface area contributed by atoms with Gasteiger partial charge in [0.1, 0.15) is 0 Å². The summed E-state index contributed by atoms with van der Waals surface area (Å²) in [6.45, 7) is 7.39. The van der Waals surface area contributed by atoms with Gasteiger partial charge in [0.05, 0.1) is 6.54 Å². The lowest BCUT2D eigenvalue weighted by Crippen LogP contribution is -2.17. The molecule has 0 aromatic carbocycles. The number of hydrogen-bond donors (Lipinski definition) is 0. The molecule has 0 spiro atoms. The van der Waals surface area contributed by atoms with E-state index < -0.39 is 0 Å². The van der Waals surface area contributed by atoms with Crippen molar-refractivity contribution in [3.05, 3.63) is 6.92 Å². The average molecular weight is 110 g/mol. The molecule has 8 heavy (non-hydrogen) atoms. The van der Waals surface area contributed by atoms with Gasteiger partial charge in [-0.3, -0.25) is 4.90 Å². The summed E-state index contributed by atoms with van der Waals surface area (Å²) in [5, 5.41) is 0. The molecule has 0 rings (SSSR count). The lowest BCUT2D eigenvalue weighted by molar-refractivity contribution is 0.398. The maximum absolute atomic E-state index is 3.40. The van der Waals surface area contributed by atoms with Crippen molar-refractivity contribution >= 4 is 0 Å². The highest BCUT2D eigenvalue weighted by Gasteiger charge is 1.85. The molecule has 0 unspecified atom stereocenters. The van der Waals surface area contributed by atoms with Crippen LogP contribution in [0.25, 0.3) is 0 Å². The highest BCUT2D eigenvalue weighted by Crippen LogP contribution is 1.75. The fourth-order valence-electron chi connectivity index (χ4n) is 0.303. The minimum atomic E-state index is 0.833. The summed E-state index contributed by atoms with van der Waals surface area (Å²) >= 11 is 0. The molecule has 0 fully saturated rings. The molecule has 0 heterocycles. The summed E-state index contributed by atoms with van der Waals surface area (Å²) < 4.78 is 0. The van der Waals surface area contributed by atoms with Crippen molar-refractivity contribution in [1.29, 1.82) is 0 Å². The van der Waals surface area contributed by atoms with Gasteiger partial charge < -0.3 is 0 Å². The summed E-state index contributed by atoms with van der Waals surface area (Å²) in [6, 6.07) is 0. The van der Waals surface area contributed by atoms with Gasteiger partial charge >= 0.3 is 0 Å². The van der Waals surface area contributed by atoms with Crippen molar-refractivity contribution in [3.8, 4) is 11.8 Å². The van der Waals surface area contributed by atoms with Gasteiger partial charge in [-0.05, 0) is 13.6 Å². The van der Waals surface area contributed by atoms with Crippen LogP contribution < -0.4 is 0 Å². The molecule has 0 aliphatic carbocycles. The predicted molar refractivity (Wildman–Crippen MR) is 36.3 cm³/mol. The Hall–Kier alpha value is -0.480. The summed E-state index contributed by atoms with van der Waals surface area (Å²) in [6.07, 6.45) is 0. The summed E-state index contributed by atoms with van der Waals surface area (Å²) in [5.41, 5.74) is 0. The average Bonchev–Trinajstić information content (AvgIpc) is 1.83. The molecule has 0 aliphatic rings.